The Balaban J connectivity index is 2.38. The molecule has 0 unspecified atom stereocenters. The van der Waals surface area contributed by atoms with Crippen LogP contribution < -0.4 is 16.0 Å². The summed E-state index contributed by atoms with van der Waals surface area (Å²) in [7, 11) is 1.86. The fourth-order valence-electron chi connectivity index (χ4n) is 1.93. The van der Waals surface area contributed by atoms with E-state index in [0.717, 1.165) is 22.6 Å². The van der Waals surface area contributed by atoms with Gasteiger partial charge >= 0.3 is 6.03 Å². The van der Waals surface area contributed by atoms with Crippen LogP contribution in [-0.2, 0) is 17.8 Å². The van der Waals surface area contributed by atoms with E-state index >= 15 is 0 Å². The van der Waals surface area contributed by atoms with Gasteiger partial charge in [-0.2, -0.15) is 0 Å². The van der Waals surface area contributed by atoms with Crippen LogP contribution in [0, 0.1) is 0 Å². The number of fused-ring (bicyclic) bond motifs is 1. The molecule has 0 aromatic heterocycles. The number of nitrogens with two attached hydrogens (primary N) is 1. The Hall–Kier alpha value is -1.88. The minimum atomic E-state index is -0.717. The molecule has 0 spiro atoms. The molecule has 0 fully saturated rings. The minimum Gasteiger partial charge on any atom is -0.351 e. The van der Waals surface area contributed by atoms with Crippen LogP contribution in [0.3, 0.4) is 0 Å². The van der Waals surface area contributed by atoms with E-state index in [4.69, 9.17) is 5.73 Å². The van der Waals surface area contributed by atoms with Crippen LogP contribution in [0.1, 0.15) is 11.1 Å². The summed E-state index contributed by atoms with van der Waals surface area (Å²) in [5.41, 5.74) is 7.70. The summed E-state index contributed by atoms with van der Waals surface area (Å²) in [6.07, 6.45) is 0.246. The Bertz CT molecular complexity index is 457. The number of benzene rings is 1. The normalized spacial score (nSPS) is 14.1. The molecule has 16 heavy (non-hydrogen) atoms. The summed E-state index contributed by atoms with van der Waals surface area (Å²) in [6, 6.07) is 4.85. The second-order valence-corrected chi connectivity index (χ2v) is 3.74. The van der Waals surface area contributed by atoms with E-state index in [1.165, 1.54) is 0 Å². The van der Waals surface area contributed by atoms with Crippen molar-refractivity contribution in [2.24, 2.45) is 5.73 Å². The molecule has 1 aliphatic heterocycles. The summed E-state index contributed by atoms with van der Waals surface area (Å²) in [5.74, 6) is -0.260. The van der Waals surface area contributed by atoms with E-state index in [0.29, 0.717) is 5.69 Å². The highest BCUT2D eigenvalue weighted by Crippen LogP contribution is 2.29. The molecule has 0 aliphatic carbocycles. The van der Waals surface area contributed by atoms with Gasteiger partial charge in [-0.3, -0.25) is 4.79 Å². The summed E-state index contributed by atoms with van der Waals surface area (Å²) >= 11 is 0. The van der Waals surface area contributed by atoms with Gasteiger partial charge in [0.2, 0.25) is 5.91 Å². The SMILES string of the molecule is CNCc1ccc2c(c1)CC(=O)N2C(N)=O. The Morgan fingerprint density at radius 2 is 2.31 bits per heavy atom. The van der Waals surface area contributed by atoms with E-state index in [9.17, 15) is 9.59 Å². The number of urea groups is 1. The number of carbonyl (C=O) groups is 2. The predicted octanol–water partition coefficient (Wildman–Crippen LogP) is 0.374. The Morgan fingerprint density at radius 1 is 1.56 bits per heavy atom. The average Bonchev–Trinajstić information content (AvgIpc) is 2.53. The third-order valence-electron chi connectivity index (χ3n) is 2.58. The van der Waals surface area contributed by atoms with E-state index in [1.807, 2.05) is 19.2 Å². The monoisotopic (exact) mass is 219 g/mol. The number of rotatable bonds is 2. The van der Waals surface area contributed by atoms with Gasteiger partial charge in [0, 0.05) is 6.54 Å². The largest absolute Gasteiger partial charge is 0.351 e. The summed E-state index contributed by atoms with van der Waals surface area (Å²) in [5, 5.41) is 3.03. The minimum absolute atomic E-state index is 0.246. The zero-order valence-electron chi connectivity index (χ0n) is 8.99. The van der Waals surface area contributed by atoms with Crippen molar-refractivity contribution in [3.63, 3.8) is 0 Å². The van der Waals surface area contributed by atoms with Gasteiger partial charge in [0.05, 0.1) is 12.1 Å². The maximum Gasteiger partial charge on any atom is 0.326 e. The molecule has 1 heterocycles. The number of carbonyl (C=O) groups excluding carboxylic acids is 2. The van der Waals surface area contributed by atoms with Gasteiger partial charge in [0.1, 0.15) is 0 Å². The van der Waals surface area contributed by atoms with Crippen LogP contribution in [0.5, 0.6) is 0 Å². The first kappa shape index (κ1) is 10.6. The standard InChI is InChI=1S/C11H13N3O2/c1-13-6-7-2-3-9-8(4-7)5-10(15)14(9)11(12)16/h2-4,13H,5-6H2,1H3,(H2,12,16). The second-order valence-electron chi connectivity index (χ2n) is 3.74. The Labute approximate surface area is 93.2 Å². The van der Waals surface area contributed by atoms with Crippen LogP contribution >= 0.6 is 0 Å². The zero-order valence-corrected chi connectivity index (χ0v) is 8.99. The maximum atomic E-state index is 11.6. The average molecular weight is 219 g/mol. The van der Waals surface area contributed by atoms with Crippen LogP contribution in [0.2, 0.25) is 0 Å². The first-order valence-corrected chi connectivity index (χ1v) is 5.02. The molecule has 3 amide bonds. The Kier molecular flexibility index (Phi) is 2.62. The number of primary amides is 1. The second kappa shape index (κ2) is 3.94. The number of anilines is 1. The van der Waals surface area contributed by atoms with E-state index < -0.39 is 6.03 Å². The van der Waals surface area contributed by atoms with E-state index in [-0.39, 0.29) is 12.3 Å². The van der Waals surface area contributed by atoms with Crippen LogP contribution in [-0.4, -0.2) is 19.0 Å². The Morgan fingerprint density at radius 3 is 2.94 bits per heavy atom. The van der Waals surface area contributed by atoms with Gasteiger partial charge in [-0.05, 0) is 24.2 Å². The molecule has 84 valence electrons. The number of hydrogen-bond donors (Lipinski definition) is 2. The third kappa shape index (κ3) is 1.65. The molecule has 1 aliphatic rings. The lowest BCUT2D eigenvalue weighted by Gasteiger charge is -2.12. The summed E-state index contributed by atoms with van der Waals surface area (Å²) in [6.45, 7) is 0.734. The van der Waals surface area contributed by atoms with Crippen LogP contribution in [0.4, 0.5) is 10.5 Å². The van der Waals surface area contributed by atoms with E-state index in [2.05, 4.69) is 5.32 Å². The number of nitrogens with one attached hydrogen (secondary N) is 1. The van der Waals surface area contributed by atoms with Crippen LogP contribution in [0.25, 0.3) is 0 Å². The van der Waals surface area contributed by atoms with Gasteiger partial charge < -0.3 is 11.1 Å². The molecule has 5 heteroatoms. The molecular weight excluding hydrogens is 206 g/mol. The lowest BCUT2D eigenvalue weighted by atomic mass is 10.1. The molecule has 0 saturated heterocycles. The third-order valence-corrected chi connectivity index (χ3v) is 2.58. The van der Waals surface area contributed by atoms with Crippen molar-refractivity contribution in [2.75, 3.05) is 11.9 Å². The summed E-state index contributed by atoms with van der Waals surface area (Å²) < 4.78 is 0. The molecule has 3 N–H and O–H groups in total. The smallest absolute Gasteiger partial charge is 0.326 e. The van der Waals surface area contributed by atoms with Crippen molar-refractivity contribution < 1.29 is 9.59 Å². The van der Waals surface area contributed by atoms with Crippen molar-refractivity contribution in [2.45, 2.75) is 13.0 Å². The van der Waals surface area contributed by atoms with Crippen molar-refractivity contribution in [1.82, 2.24) is 5.32 Å². The highest BCUT2D eigenvalue weighted by atomic mass is 16.2. The van der Waals surface area contributed by atoms with Crippen LogP contribution in [0.15, 0.2) is 18.2 Å². The molecule has 0 saturated carbocycles. The first-order chi connectivity index (χ1) is 7.63. The topological polar surface area (TPSA) is 75.4 Å². The van der Waals surface area contributed by atoms with Gasteiger partial charge in [-0.25, -0.2) is 9.69 Å². The lowest BCUT2D eigenvalue weighted by molar-refractivity contribution is -0.116. The fourth-order valence-corrected chi connectivity index (χ4v) is 1.93. The predicted molar refractivity (Wildman–Crippen MR) is 60.0 cm³/mol. The molecule has 5 nitrogen and oxygen atoms in total. The highest BCUT2D eigenvalue weighted by molar-refractivity contribution is 6.18. The quantitative estimate of drug-likeness (QED) is 0.754. The lowest BCUT2D eigenvalue weighted by Crippen LogP contribution is -2.38. The van der Waals surface area contributed by atoms with Gasteiger partial charge in [-0.1, -0.05) is 12.1 Å². The van der Waals surface area contributed by atoms with Crippen molar-refractivity contribution in [3.05, 3.63) is 29.3 Å². The number of hydrogen-bond acceptors (Lipinski definition) is 3. The summed E-state index contributed by atoms with van der Waals surface area (Å²) in [4.78, 5) is 23.7. The molecule has 0 radical (unpaired) electrons. The van der Waals surface area contributed by atoms with E-state index in [1.54, 1.807) is 6.07 Å². The highest BCUT2D eigenvalue weighted by Gasteiger charge is 2.30. The zero-order chi connectivity index (χ0) is 11.7. The number of nitrogens with zero attached hydrogens (tertiary/aromatic N) is 1. The van der Waals surface area contributed by atoms with Gasteiger partial charge in [-0.15, -0.1) is 0 Å². The van der Waals surface area contributed by atoms with Crippen molar-refractivity contribution in [1.29, 1.82) is 0 Å². The molecular formula is C11H13N3O2. The van der Waals surface area contributed by atoms with Gasteiger partial charge in [0.25, 0.3) is 0 Å². The molecule has 1 aromatic carbocycles. The van der Waals surface area contributed by atoms with Crippen molar-refractivity contribution in [3.8, 4) is 0 Å². The number of amides is 3. The molecule has 0 atom stereocenters. The number of imide groups is 1. The van der Waals surface area contributed by atoms with Crippen molar-refractivity contribution >= 4 is 17.6 Å². The first-order valence-electron chi connectivity index (χ1n) is 5.02. The maximum absolute atomic E-state index is 11.6. The fraction of sp³-hybridized carbons (Fsp3) is 0.273. The molecule has 0 bridgehead atoms. The molecule has 1 aromatic rings. The van der Waals surface area contributed by atoms with Gasteiger partial charge in [0.15, 0.2) is 0 Å². The molecule has 2 rings (SSSR count).